The minimum atomic E-state index is -0.798. The van der Waals surface area contributed by atoms with Gasteiger partial charge in [0.05, 0.1) is 25.2 Å². The number of furan rings is 2. The van der Waals surface area contributed by atoms with Gasteiger partial charge in [0, 0.05) is 13.1 Å². The molecule has 0 unspecified atom stereocenters. The van der Waals surface area contributed by atoms with E-state index in [0.717, 1.165) is 12.1 Å². The second-order valence-electron chi connectivity index (χ2n) is 6.69. The number of ether oxygens (including phenoxy) is 1. The highest BCUT2D eigenvalue weighted by Gasteiger charge is 2.17. The Hall–Kier alpha value is -4.21. The molecule has 0 bridgehead atoms. The second-order valence-corrected chi connectivity index (χ2v) is 6.69. The van der Waals surface area contributed by atoms with Crippen molar-refractivity contribution in [2.45, 2.75) is 13.2 Å². The number of aromatic nitrogens is 2. The Bertz CT molecular complexity index is 1240. The Morgan fingerprint density at radius 2 is 2.12 bits per heavy atom. The SMILES string of the molecule is Cn1ncc(N=Cc2ccc(COc3ccc(F)cc3F)o2)c1C(=O)NCc1ccco1. The molecule has 0 fully saturated rings. The third kappa shape index (κ3) is 4.91. The van der Waals surface area contributed by atoms with Gasteiger partial charge in [-0.1, -0.05) is 0 Å². The van der Waals surface area contributed by atoms with Gasteiger partial charge in [-0.3, -0.25) is 9.48 Å². The molecule has 164 valence electrons. The van der Waals surface area contributed by atoms with Gasteiger partial charge < -0.3 is 18.9 Å². The van der Waals surface area contributed by atoms with Crippen LogP contribution in [0.1, 0.15) is 27.8 Å². The lowest BCUT2D eigenvalue weighted by atomic mass is 10.3. The molecule has 0 aliphatic heterocycles. The first-order valence-corrected chi connectivity index (χ1v) is 9.53. The maximum atomic E-state index is 13.6. The summed E-state index contributed by atoms with van der Waals surface area (Å²) >= 11 is 0. The maximum absolute atomic E-state index is 13.6. The first kappa shape index (κ1) is 21.0. The summed E-state index contributed by atoms with van der Waals surface area (Å²) in [6, 6.07) is 9.84. The summed E-state index contributed by atoms with van der Waals surface area (Å²) in [4.78, 5) is 16.8. The zero-order chi connectivity index (χ0) is 22.5. The predicted molar refractivity (Wildman–Crippen MR) is 110 cm³/mol. The number of hydrogen-bond acceptors (Lipinski definition) is 6. The summed E-state index contributed by atoms with van der Waals surface area (Å²) in [6.45, 7) is 0.181. The topological polar surface area (TPSA) is 94.8 Å². The van der Waals surface area contributed by atoms with Crippen LogP contribution in [0.25, 0.3) is 0 Å². The van der Waals surface area contributed by atoms with Crippen molar-refractivity contribution in [2.75, 3.05) is 0 Å². The van der Waals surface area contributed by atoms with E-state index < -0.39 is 11.6 Å². The van der Waals surface area contributed by atoms with Gasteiger partial charge in [0.2, 0.25) is 0 Å². The van der Waals surface area contributed by atoms with Crippen LogP contribution in [0.15, 0.2) is 68.8 Å². The Labute approximate surface area is 181 Å². The normalized spacial score (nSPS) is 11.2. The molecule has 0 aliphatic rings. The molecular formula is C22H18F2N4O4. The van der Waals surface area contributed by atoms with Crippen LogP contribution in [-0.4, -0.2) is 21.9 Å². The minimum Gasteiger partial charge on any atom is -0.483 e. The molecule has 1 aromatic carbocycles. The third-order valence-corrected chi connectivity index (χ3v) is 4.41. The number of halogens is 2. The Kier molecular flexibility index (Phi) is 6.11. The Balaban J connectivity index is 1.39. The Morgan fingerprint density at radius 1 is 1.25 bits per heavy atom. The van der Waals surface area contributed by atoms with Crippen molar-refractivity contribution >= 4 is 17.8 Å². The fourth-order valence-corrected chi connectivity index (χ4v) is 2.86. The highest BCUT2D eigenvalue weighted by Crippen LogP contribution is 2.21. The fraction of sp³-hybridized carbons (Fsp3) is 0.136. The van der Waals surface area contributed by atoms with Crippen LogP contribution in [0.4, 0.5) is 14.5 Å². The number of amides is 1. The summed E-state index contributed by atoms with van der Waals surface area (Å²) in [5.74, 6) is -0.492. The zero-order valence-electron chi connectivity index (χ0n) is 16.9. The molecule has 0 saturated carbocycles. The number of hydrogen-bond donors (Lipinski definition) is 1. The van der Waals surface area contributed by atoms with Gasteiger partial charge >= 0.3 is 0 Å². The number of carbonyl (C=O) groups excluding carboxylic acids is 1. The summed E-state index contributed by atoms with van der Waals surface area (Å²) in [7, 11) is 1.64. The lowest BCUT2D eigenvalue weighted by Gasteiger charge is -2.05. The number of carbonyl (C=O) groups is 1. The number of benzene rings is 1. The van der Waals surface area contributed by atoms with Crippen LogP contribution in [0.5, 0.6) is 5.75 Å². The monoisotopic (exact) mass is 440 g/mol. The zero-order valence-corrected chi connectivity index (χ0v) is 16.9. The summed E-state index contributed by atoms with van der Waals surface area (Å²) in [6.07, 6.45) is 4.42. The molecule has 4 aromatic rings. The molecule has 0 aliphatic carbocycles. The van der Waals surface area contributed by atoms with E-state index in [1.54, 1.807) is 31.3 Å². The summed E-state index contributed by atoms with van der Waals surface area (Å²) in [5, 5.41) is 6.83. The van der Waals surface area contributed by atoms with Gasteiger partial charge in [0.1, 0.15) is 35.4 Å². The van der Waals surface area contributed by atoms with Gasteiger partial charge in [-0.05, 0) is 36.4 Å². The van der Waals surface area contributed by atoms with E-state index >= 15 is 0 Å². The van der Waals surface area contributed by atoms with Gasteiger partial charge in [-0.15, -0.1) is 0 Å². The van der Waals surface area contributed by atoms with E-state index in [4.69, 9.17) is 13.6 Å². The maximum Gasteiger partial charge on any atom is 0.272 e. The lowest BCUT2D eigenvalue weighted by molar-refractivity contribution is 0.0939. The van der Waals surface area contributed by atoms with Gasteiger partial charge in [-0.2, -0.15) is 5.10 Å². The number of aryl methyl sites for hydroxylation is 1. The Morgan fingerprint density at radius 3 is 2.91 bits per heavy atom. The molecule has 10 heteroatoms. The van der Waals surface area contributed by atoms with Crippen molar-refractivity contribution in [3.05, 3.63) is 89.5 Å². The van der Waals surface area contributed by atoms with Crippen molar-refractivity contribution in [2.24, 2.45) is 12.0 Å². The molecule has 3 aromatic heterocycles. The molecule has 0 atom stereocenters. The van der Waals surface area contributed by atoms with Crippen LogP contribution < -0.4 is 10.1 Å². The molecule has 0 radical (unpaired) electrons. The van der Waals surface area contributed by atoms with Crippen molar-refractivity contribution in [3.63, 3.8) is 0 Å². The van der Waals surface area contributed by atoms with E-state index in [9.17, 15) is 13.6 Å². The van der Waals surface area contributed by atoms with E-state index in [0.29, 0.717) is 23.0 Å². The second kappa shape index (κ2) is 9.29. The van der Waals surface area contributed by atoms with Crippen LogP contribution in [-0.2, 0) is 20.2 Å². The highest BCUT2D eigenvalue weighted by molar-refractivity contribution is 5.98. The van der Waals surface area contributed by atoms with Crippen LogP contribution in [0.2, 0.25) is 0 Å². The van der Waals surface area contributed by atoms with Crippen molar-refractivity contribution in [3.8, 4) is 5.75 Å². The summed E-state index contributed by atoms with van der Waals surface area (Å²) < 4.78 is 44.1. The first-order chi connectivity index (χ1) is 15.5. The molecule has 0 spiro atoms. The standard InChI is InChI=1S/C22H18F2N4O4/c1-28-21(22(29)26-10-15-3-2-8-30-15)19(12-27-28)25-11-16-5-6-17(32-16)13-31-20-7-4-14(23)9-18(20)24/h2-9,11-12H,10,13H2,1H3,(H,26,29). The van der Waals surface area contributed by atoms with Gasteiger partial charge in [0.25, 0.3) is 5.91 Å². The van der Waals surface area contributed by atoms with E-state index in [-0.39, 0.29) is 30.5 Å². The van der Waals surface area contributed by atoms with Crippen LogP contribution in [0.3, 0.4) is 0 Å². The average molecular weight is 440 g/mol. The van der Waals surface area contributed by atoms with Crippen LogP contribution >= 0.6 is 0 Å². The van der Waals surface area contributed by atoms with Crippen molar-refractivity contribution in [1.82, 2.24) is 15.1 Å². The number of aliphatic imine (C=N–C) groups is 1. The molecule has 4 rings (SSSR count). The molecule has 1 amide bonds. The average Bonchev–Trinajstić information content (AvgIpc) is 3.51. The van der Waals surface area contributed by atoms with Crippen molar-refractivity contribution in [1.29, 1.82) is 0 Å². The molecule has 8 nitrogen and oxygen atoms in total. The number of nitrogens with one attached hydrogen (secondary N) is 1. The lowest BCUT2D eigenvalue weighted by Crippen LogP contribution is -2.25. The largest absolute Gasteiger partial charge is 0.483 e. The van der Waals surface area contributed by atoms with Gasteiger partial charge in [-0.25, -0.2) is 13.8 Å². The first-order valence-electron chi connectivity index (χ1n) is 9.53. The predicted octanol–water partition coefficient (Wildman–Crippen LogP) is 4.14. The van der Waals surface area contributed by atoms with E-state index in [2.05, 4.69) is 15.4 Å². The van der Waals surface area contributed by atoms with Crippen LogP contribution in [0, 0.1) is 11.6 Å². The fourth-order valence-electron chi connectivity index (χ4n) is 2.86. The third-order valence-electron chi connectivity index (χ3n) is 4.41. The quantitative estimate of drug-likeness (QED) is 0.416. The molecule has 32 heavy (non-hydrogen) atoms. The van der Waals surface area contributed by atoms with E-state index in [1.165, 1.54) is 29.4 Å². The number of rotatable bonds is 8. The van der Waals surface area contributed by atoms with Crippen molar-refractivity contribution < 1.29 is 27.1 Å². The minimum absolute atomic E-state index is 0.0519. The highest BCUT2D eigenvalue weighted by atomic mass is 19.1. The molecule has 3 heterocycles. The molecule has 0 saturated heterocycles. The van der Waals surface area contributed by atoms with Gasteiger partial charge in [0.15, 0.2) is 17.3 Å². The van der Waals surface area contributed by atoms with E-state index in [1.807, 2.05) is 0 Å². The smallest absolute Gasteiger partial charge is 0.272 e. The number of nitrogens with zero attached hydrogens (tertiary/aromatic N) is 3. The molecular weight excluding hydrogens is 422 g/mol. The summed E-state index contributed by atoms with van der Waals surface area (Å²) in [5.41, 5.74) is 0.627. The molecule has 1 N–H and O–H groups in total.